The molecular formula is C19H22F3IN4. The highest BCUT2D eigenvalue weighted by molar-refractivity contribution is 14.0. The van der Waals surface area contributed by atoms with Crippen LogP contribution in [0.25, 0.3) is 0 Å². The molecule has 0 radical (unpaired) electrons. The van der Waals surface area contributed by atoms with Gasteiger partial charge in [0.15, 0.2) is 5.96 Å². The van der Waals surface area contributed by atoms with E-state index in [1.807, 2.05) is 4.90 Å². The van der Waals surface area contributed by atoms with Crippen molar-refractivity contribution in [3.63, 3.8) is 0 Å². The lowest BCUT2D eigenvalue weighted by molar-refractivity contribution is 0.380. The van der Waals surface area contributed by atoms with E-state index in [0.717, 1.165) is 18.8 Å². The molecule has 27 heavy (non-hydrogen) atoms. The van der Waals surface area contributed by atoms with Crippen LogP contribution in [0.4, 0.5) is 18.9 Å². The standard InChI is InChI=1S/C19H21F3N4.HI/c20-14-4-6-15(7-5-14)25-10-12-26(13-11-25)19(23)24-9-8-16-17(21)2-1-3-18(16)22;/h1-7H,8-13H2,(H2,23,24);1H. The second kappa shape index (κ2) is 9.82. The van der Waals surface area contributed by atoms with Crippen LogP contribution in [0.3, 0.4) is 0 Å². The molecule has 3 rings (SSSR count). The predicted molar refractivity (Wildman–Crippen MR) is 112 cm³/mol. The van der Waals surface area contributed by atoms with Gasteiger partial charge in [-0.3, -0.25) is 4.99 Å². The first-order valence-corrected chi connectivity index (χ1v) is 8.53. The molecule has 0 spiro atoms. The Morgan fingerprint density at radius 1 is 0.926 bits per heavy atom. The molecule has 0 saturated carbocycles. The minimum atomic E-state index is -0.563. The highest BCUT2D eigenvalue weighted by atomic mass is 127. The van der Waals surface area contributed by atoms with Gasteiger partial charge in [0.2, 0.25) is 0 Å². The number of benzene rings is 2. The van der Waals surface area contributed by atoms with Gasteiger partial charge >= 0.3 is 0 Å². The lowest BCUT2D eigenvalue weighted by atomic mass is 10.1. The highest BCUT2D eigenvalue weighted by Crippen LogP contribution is 2.17. The van der Waals surface area contributed by atoms with Crippen molar-refractivity contribution in [3.05, 3.63) is 65.5 Å². The van der Waals surface area contributed by atoms with Gasteiger partial charge in [-0.05, 0) is 42.8 Å². The van der Waals surface area contributed by atoms with Crippen molar-refractivity contribution in [2.75, 3.05) is 37.6 Å². The molecule has 0 aliphatic carbocycles. The third-order valence-corrected chi connectivity index (χ3v) is 4.49. The number of nitrogens with zero attached hydrogens (tertiary/aromatic N) is 3. The third kappa shape index (κ3) is 5.50. The zero-order valence-corrected chi connectivity index (χ0v) is 17.1. The summed E-state index contributed by atoms with van der Waals surface area (Å²) in [6.45, 7) is 3.07. The topological polar surface area (TPSA) is 44.9 Å². The zero-order chi connectivity index (χ0) is 18.5. The molecule has 2 N–H and O–H groups in total. The van der Waals surface area contributed by atoms with Gasteiger partial charge in [0.05, 0.1) is 0 Å². The molecule has 1 aliphatic rings. The average Bonchev–Trinajstić information content (AvgIpc) is 2.65. The second-order valence-corrected chi connectivity index (χ2v) is 6.14. The van der Waals surface area contributed by atoms with Gasteiger partial charge in [-0.15, -0.1) is 24.0 Å². The summed E-state index contributed by atoms with van der Waals surface area (Å²) in [6, 6.07) is 10.2. The van der Waals surface area contributed by atoms with E-state index < -0.39 is 11.6 Å². The van der Waals surface area contributed by atoms with Crippen LogP contribution < -0.4 is 10.6 Å². The van der Waals surface area contributed by atoms with Crippen molar-refractivity contribution >= 4 is 35.6 Å². The minimum Gasteiger partial charge on any atom is -0.370 e. The molecule has 0 atom stereocenters. The number of anilines is 1. The second-order valence-electron chi connectivity index (χ2n) is 6.14. The summed E-state index contributed by atoms with van der Waals surface area (Å²) >= 11 is 0. The van der Waals surface area contributed by atoms with E-state index in [0.29, 0.717) is 19.0 Å². The number of hydrogen-bond acceptors (Lipinski definition) is 2. The van der Waals surface area contributed by atoms with Crippen LogP contribution in [-0.4, -0.2) is 43.6 Å². The molecule has 1 heterocycles. The number of hydrogen-bond donors (Lipinski definition) is 1. The van der Waals surface area contributed by atoms with Crippen molar-refractivity contribution in [3.8, 4) is 0 Å². The summed E-state index contributed by atoms with van der Waals surface area (Å²) in [5.74, 6) is -1.01. The van der Waals surface area contributed by atoms with Crippen molar-refractivity contribution < 1.29 is 13.2 Å². The van der Waals surface area contributed by atoms with Gasteiger partial charge in [0.1, 0.15) is 17.5 Å². The number of halogens is 4. The predicted octanol–water partition coefficient (Wildman–Crippen LogP) is 3.40. The molecule has 0 aromatic heterocycles. The number of aliphatic imine (C=N–C) groups is 1. The molecule has 4 nitrogen and oxygen atoms in total. The molecule has 0 unspecified atom stereocenters. The summed E-state index contributed by atoms with van der Waals surface area (Å²) in [5.41, 5.74) is 7.01. The maximum absolute atomic E-state index is 13.6. The van der Waals surface area contributed by atoms with E-state index in [1.54, 1.807) is 12.1 Å². The number of rotatable bonds is 4. The Balaban J connectivity index is 0.00000261. The van der Waals surface area contributed by atoms with E-state index >= 15 is 0 Å². The maximum Gasteiger partial charge on any atom is 0.191 e. The van der Waals surface area contributed by atoms with Crippen LogP contribution in [0.15, 0.2) is 47.5 Å². The fraction of sp³-hybridized carbons (Fsp3) is 0.316. The van der Waals surface area contributed by atoms with E-state index in [4.69, 9.17) is 5.73 Å². The van der Waals surface area contributed by atoms with Crippen LogP contribution in [0, 0.1) is 17.5 Å². The molecule has 0 amide bonds. The lowest BCUT2D eigenvalue weighted by Crippen LogP contribution is -2.51. The first-order valence-electron chi connectivity index (χ1n) is 8.53. The Kier molecular flexibility index (Phi) is 7.76. The molecule has 8 heteroatoms. The van der Waals surface area contributed by atoms with Crippen LogP contribution in [0.2, 0.25) is 0 Å². The molecule has 146 valence electrons. The Hall–Kier alpha value is -1.97. The van der Waals surface area contributed by atoms with E-state index in [-0.39, 0.29) is 48.3 Å². The van der Waals surface area contributed by atoms with Gasteiger partial charge in [-0.2, -0.15) is 0 Å². The zero-order valence-electron chi connectivity index (χ0n) is 14.7. The quantitative estimate of drug-likeness (QED) is 0.406. The molecular weight excluding hydrogens is 468 g/mol. The van der Waals surface area contributed by atoms with Gasteiger partial charge < -0.3 is 15.5 Å². The van der Waals surface area contributed by atoms with Crippen molar-refractivity contribution in [2.24, 2.45) is 10.7 Å². The molecule has 1 saturated heterocycles. The Bertz CT molecular complexity index is 755. The largest absolute Gasteiger partial charge is 0.370 e. The molecule has 0 bridgehead atoms. The Morgan fingerprint density at radius 3 is 2.11 bits per heavy atom. The third-order valence-electron chi connectivity index (χ3n) is 4.49. The Morgan fingerprint density at radius 2 is 1.52 bits per heavy atom. The van der Waals surface area contributed by atoms with Crippen molar-refractivity contribution in [1.29, 1.82) is 0 Å². The summed E-state index contributed by atoms with van der Waals surface area (Å²) < 4.78 is 40.2. The SMILES string of the molecule is I.NC(=NCCc1c(F)cccc1F)N1CCN(c2ccc(F)cc2)CC1. The van der Waals surface area contributed by atoms with E-state index in [2.05, 4.69) is 9.89 Å². The van der Waals surface area contributed by atoms with E-state index in [1.165, 1.54) is 30.3 Å². The van der Waals surface area contributed by atoms with Crippen molar-refractivity contribution in [1.82, 2.24) is 4.90 Å². The molecule has 2 aromatic rings. The first-order chi connectivity index (χ1) is 12.5. The molecule has 2 aromatic carbocycles. The van der Waals surface area contributed by atoms with E-state index in [9.17, 15) is 13.2 Å². The number of guanidine groups is 1. The summed E-state index contributed by atoms with van der Waals surface area (Å²) in [5, 5.41) is 0. The van der Waals surface area contributed by atoms with Crippen LogP contribution >= 0.6 is 24.0 Å². The first kappa shape index (κ1) is 21.3. The minimum absolute atomic E-state index is 0. The van der Waals surface area contributed by atoms with Crippen LogP contribution in [0.1, 0.15) is 5.56 Å². The fourth-order valence-electron chi connectivity index (χ4n) is 3.00. The van der Waals surface area contributed by atoms with Crippen LogP contribution in [0.5, 0.6) is 0 Å². The highest BCUT2D eigenvalue weighted by Gasteiger charge is 2.18. The van der Waals surface area contributed by atoms with Crippen LogP contribution in [-0.2, 0) is 6.42 Å². The average molecular weight is 490 g/mol. The summed E-state index contributed by atoms with van der Waals surface area (Å²) in [4.78, 5) is 8.35. The van der Waals surface area contributed by atoms with Crippen molar-refractivity contribution in [2.45, 2.75) is 6.42 Å². The van der Waals surface area contributed by atoms with Gasteiger partial charge in [0, 0.05) is 44.0 Å². The van der Waals surface area contributed by atoms with Gasteiger partial charge in [-0.25, -0.2) is 13.2 Å². The maximum atomic E-state index is 13.6. The summed E-state index contributed by atoms with van der Waals surface area (Å²) in [7, 11) is 0. The molecule has 1 fully saturated rings. The smallest absolute Gasteiger partial charge is 0.191 e. The fourth-order valence-corrected chi connectivity index (χ4v) is 3.00. The lowest BCUT2D eigenvalue weighted by Gasteiger charge is -2.36. The van der Waals surface area contributed by atoms with Gasteiger partial charge in [-0.1, -0.05) is 6.07 Å². The molecule has 1 aliphatic heterocycles. The monoisotopic (exact) mass is 490 g/mol. The number of piperazine rings is 1. The Labute approximate surface area is 173 Å². The van der Waals surface area contributed by atoms with Gasteiger partial charge in [0.25, 0.3) is 0 Å². The number of nitrogens with two attached hydrogens (primary N) is 1. The normalized spacial score (nSPS) is 14.9. The summed E-state index contributed by atoms with van der Waals surface area (Å²) in [6.07, 6.45) is 0.161.